The molecule has 0 heterocycles. The Morgan fingerprint density at radius 1 is 1.17 bits per heavy atom. The highest BCUT2D eigenvalue weighted by atomic mass is 16.5. The van der Waals surface area contributed by atoms with Gasteiger partial charge in [0.25, 0.3) is 0 Å². The SMILES string of the molecule is CCCCOC(=O)c1ccc(NC(=O)C[C@@H]2C[C@@H]3CC[C@@H]2C3)cc1. The molecule has 1 N–H and O–H groups in total. The summed E-state index contributed by atoms with van der Waals surface area (Å²) in [6.45, 7) is 2.51. The van der Waals surface area contributed by atoms with Gasteiger partial charge in [-0.2, -0.15) is 0 Å². The first kappa shape index (κ1) is 17.0. The predicted octanol–water partition coefficient (Wildman–Crippen LogP) is 4.41. The van der Waals surface area contributed by atoms with E-state index in [-0.39, 0.29) is 11.9 Å². The van der Waals surface area contributed by atoms with Gasteiger partial charge < -0.3 is 10.1 Å². The minimum absolute atomic E-state index is 0.0887. The molecule has 130 valence electrons. The van der Waals surface area contributed by atoms with Crippen LogP contribution in [0.1, 0.15) is 62.2 Å². The molecule has 0 unspecified atom stereocenters. The van der Waals surface area contributed by atoms with Crippen molar-refractivity contribution in [3.63, 3.8) is 0 Å². The monoisotopic (exact) mass is 329 g/mol. The summed E-state index contributed by atoms with van der Waals surface area (Å²) in [6.07, 6.45) is 7.72. The quantitative estimate of drug-likeness (QED) is 0.595. The molecule has 3 atom stereocenters. The lowest BCUT2D eigenvalue weighted by Gasteiger charge is -2.20. The molecule has 3 rings (SSSR count). The van der Waals surface area contributed by atoms with Crippen LogP contribution in [-0.4, -0.2) is 18.5 Å². The number of carbonyl (C=O) groups is 2. The van der Waals surface area contributed by atoms with Gasteiger partial charge in [-0.15, -0.1) is 0 Å². The lowest BCUT2D eigenvalue weighted by atomic mass is 9.86. The van der Waals surface area contributed by atoms with Crippen molar-refractivity contribution >= 4 is 17.6 Å². The Bertz CT molecular complexity index is 581. The van der Waals surface area contributed by atoms with Gasteiger partial charge in [-0.25, -0.2) is 4.79 Å². The molecule has 24 heavy (non-hydrogen) atoms. The van der Waals surface area contributed by atoms with Crippen molar-refractivity contribution in [3.8, 4) is 0 Å². The fourth-order valence-corrected chi connectivity index (χ4v) is 4.16. The number of fused-ring (bicyclic) bond motifs is 2. The number of ether oxygens (including phenoxy) is 1. The van der Waals surface area contributed by atoms with E-state index in [1.165, 1.54) is 25.7 Å². The van der Waals surface area contributed by atoms with Crippen LogP contribution in [-0.2, 0) is 9.53 Å². The Labute approximate surface area is 144 Å². The largest absolute Gasteiger partial charge is 0.462 e. The minimum atomic E-state index is -0.302. The predicted molar refractivity (Wildman–Crippen MR) is 93.8 cm³/mol. The second kappa shape index (κ2) is 7.82. The van der Waals surface area contributed by atoms with Crippen LogP contribution in [0.2, 0.25) is 0 Å². The molecule has 1 aromatic carbocycles. The standard InChI is InChI=1S/C20H27NO3/c1-2-3-10-24-20(23)15-6-8-18(9-7-15)21-19(22)13-17-12-14-4-5-16(17)11-14/h6-9,14,16-17H,2-5,10-13H2,1H3,(H,21,22)/t14-,16-,17+/m1/s1. The lowest BCUT2D eigenvalue weighted by Crippen LogP contribution is -2.20. The highest BCUT2D eigenvalue weighted by Gasteiger charge is 2.40. The van der Waals surface area contributed by atoms with E-state index in [0.29, 0.717) is 24.5 Å². The van der Waals surface area contributed by atoms with Crippen molar-refractivity contribution in [1.82, 2.24) is 0 Å². The summed E-state index contributed by atoms with van der Waals surface area (Å²) in [7, 11) is 0. The van der Waals surface area contributed by atoms with E-state index in [1.807, 2.05) is 0 Å². The topological polar surface area (TPSA) is 55.4 Å². The Morgan fingerprint density at radius 3 is 2.58 bits per heavy atom. The molecule has 1 aromatic rings. The summed E-state index contributed by atoms with van der Waals surface area (Å²) in [6, 6.07) is 6.97. The van der Waals surface area contributed by atoms with Crippen LogP contribution >= 0.6 is 0 Å². The smallest absolute Gasteiger partial charge is 0.338 e. The van der Waals surface area contributed by atoms with Crippen molar-refractivity contribution in [3.05, 3.63) is 29.8 Å². The van der Waals surface area contributed by atoms with Crippen LogP contribution in [0, 0.1) is 17.8 Å². The molecule has 0 radical (unpaired) electrons. The van der Waals surface area contributed by atoms with E-state index in [9.17, 15) is 9.59 Å². The number of nitrogens with one attached hydrogen (secondary N) is 1. The van der Waals surface area contributed by atoms with Gasteiger partial charge in [-0.3, -0.25) is 4.79 Å². The number of unbranched alkanes of at least 4 members (excludes halogenated alkanes) is 1. The molecule has 2 bridgehead atoms. The van der Waals surface area contributed by atoms with Gasteiger partial charge in [-0.1, -0.05) is 19.8 Å². The number of carbonyl (C=O) groups excluding carboxylic acids is 2. The second-order valence-electron chi connectivity index (χ2n) is 7.25. The molecular formula is C20H27NO3. The molecule has 2 aliphatic rings. The number of benzene rings is 1. The number of hydrogen-bond donors (Lipinski definition) is 1. The number of amides is 1. The van der Waals surface area contributed by atoms with Crippen molar-refractivity contribution < 1.29 is 14.3 Å². The molecule has 4 heteroatoms. The van der Waals surface area contributed by atoms with Crippen LogP contribution in [0.15, 0.2) is 24.3 Å². The van der Waals surface area contributed by atoms with Crippen LogP contribution in [0.25, 0.3) is 0 Å². The molecule has 0 spiro atoms. The second-order valence-corrected chi connectivity index (χ2v) is 7.25. The van der Waals surface area contributed by atoms with E-state index in [2.05, 4.69) is 12.2 Å². The number of hydrogen-bond acceptors (Lipinski definition) is 3. The van der Waals surface area contributed by atoms with Gasteiger partial charge in [-0.05, 0) is 67.7 Å². The molecule has 0 aromatic heterocycles. The summed E-state index contributed by atoms with van der Waals surface area (Å²) in [5.41, 5.74) is 1.27. The first-order valence-corrected chi connectivity index (χ1v) is 9.22. The van der Waals surface area contributed by atoms with Crippen molar-refractivity contribution in [2.75, 3.05) is 11.9 Å². The van der Waals surface area contributed by atoms with Gasteiger partial charge >= 0.3 is 5.97 Å². The maximum absolute atomic E-state index is 12.2. The van der Waals surface area contributed by atoms with E-state index >= 15 is 0 Å². The Morgan fingerprint density at radius 2 is 1.96 bits per heavy atom. The Balaban J connectivity index is 1.47. The maximum Gasteiger partial charge on any atom is 0.338 e. The van der Waals surface area contributed by atoms with Crippen LogP contribution in [0.3, 0.4) is 0 Å². The van der Waals surface area contributed by atoms with E-state index in [1.54, 1.807) is 24.3 Å². The average Bonchev–Trinajstić information content (AvgIpc) is 3.18. The Hall–Kier alpha value is -1.84. The zero-order valence-electron chi connectivity index (χ0n) is 14.4. The summed E-state index contributed by atoms with van der Waals surface area (Å²) < 4.78 is 5.18. The number of rotatable bonds is 7. The minimum Gasteiger partial charge on any atom is -0.462 e. The van der Waals surface area contributed by atoms with Crippen LogP contribution < -0.4 is 5.32 Å². The summed E-state index contributed by atoms with van der Waals surface area (Å²) in [4.78, 5) is 24.1. The molecular weight excluding hydrogens is 302 g/mol. The fraction of sp³-hybridized carbons (Fsp3) is 0.600. The third-order valence-electron chi connectivity index (χ3n) is 5.47. The summed E-state index contributed by atoms with van der Waals surface area (Å²) in [5.74, 6) is 1.98. The third-order valence-corrected chi connectivity index (χ3v) is 5.47. The zero-order chi connectivity index (χ0) is 16.9. The van der Waals surface area contributed by atoms with Gasteiger partial charge in [0.05, 0.1) is 12.2 Å². The molecule has 2 saturated carbocycles. The molecule has 0 saturated heterocycles. The van der Waals surface area contributed by atoms with Gasteiger partial charge in [0, 0.05) is 12.1 Å². The highest BCUT2D eigenvalue weighted by Crippen LogP contribution is 2.49. The third kappa shape index (κ3) is 4.16. The summed E-state index contributed by atoms with van der Waals surface area (Å²) in [5, 5.41) is 2.96. The molecule has 4 nitrogen and oxygen atoms in total. The average molecular weight is 329 g/mol. The van der Waals surface area contributed by atoms with E-state index in [0.717, 1.165) is 30.4 Å². The van der Waals surface area contributed by atoms with Crippen molar-refractivity contribution in [2.24, 2.45) is 17.8 Å². The van der Waals surface area contributed by atoms with Crippen molar-refractivity contribution in [2.45, 2.75) is 51.9 Å². The van der Waals surface area contributed by atoms with Gasteiger partial charge in [0.15, 0.2) is 0 Å². The maximum atomic E-state index is 12.2. The number of esters is 1. The molecule has 1 amide bonds. The molecule has 2 aliphatic carbocycles. The van der Waals surface area contributed by atoms with Crippen LogP contribution in [0.5, 0.6) is 0 Å². The zero-order valence-corrected chi connectivity index (χ0v) is 14.4. The normalized spacial score (nSPS) is 24.8. The lowest BCUT2D eigenvalue weighted by molar-refractivity contribution is -0.117. The number of anilines is 1. The Kier molecular flexibility index (Phi) is 5.54. The van der Waals surface area contributed by atoms with Gasteiger partial charge in [0.1, 0.15) is 0 Å². The van der Waals surface area contributed by atoms with E-state index < -0.39 is 0 Å². The molecule has 0 aliphatic heterocycles. The highest BCUT2D eigenvalue weighted by molar-refractivity contribution is 5.93. The first-order valence-electron chi connectivity index (χ1n) is 9.22. The van der Waals surface area contributed by atoms with Gasteiger partial charge in [0.2, 0.25) is 5.91 Å². The fourth-order valence-electron chi connectivity index (χ4n) is 4.16. The molecule has 2 fully saturated rings. The summed E-state index contributed by atoms with van der Waals surface area (Å²) >= 11 is 0. The van der Waals surface area contributed by atoms with E-state index in [4.69, 9.17) is 4.74 Å². The van der Waals surface area contributed by atoms with Crippen molar-refractivity contribution in [1.29, 1.82) is 0 Å². The van der Waals surface area contributed by atoms with Crippen LogP contribution in [0.4, 0.5) is 5.69 Å². The first-order chi connectivity index (χ1) is 11.7.